The van der Waals surface area contributed by atoms with Crippen LogP contribution in [0.3, 0.4) is 0 Å². The van der Waals surface area contributed by atoms with Crippen LogP contribution in [0, 0.1) is 13.8 Å². The van der Waals surface area contributed by atoms with Crippen molar-refractivity contribution in [1.29, 1.82) is 0 Å². The van der Waals surface area contributed by atoms with Gasteiger partial charge >= 0.3 is 71.1 Å². The zero-order chi connectivity index (χ0) is 24.8. The van der Waals surface area contributed by atoms with Crippen molar-refractivity contribution < 1.29 is 93.9 Å². The molecule has 0 fully saturated rings. The van der Waals surface area contributed by atoms with Gasteiger partial charge in [-0.25, -0.2) is 9.59 Å². The Bertz CT molecular complexity index is 1290. The van der Waals surface area contributed by atoms with Crippen LogP contribution in [0.25, 0.3) is 5.57 Å². The molecule has 1 aliphatic carbocycles. The maximum Gasteiger partial charge on any atom is 1.00 e. The van der Waals surface area contributed by atoms with E-state index in [0.717, 1.165) is 18.2 Å². The summed E-state index contributed by atoms with van der Waals surface area (Å²) in [5.74, 6) is -4.71. The average molecular weight is 533 g/mol. The van der Waals surface area contributed by atoms with Crippen molar-refractivity contribution >= 4 is 46.5 Å². The Labute approximate surface area is 255 Å². The van der Waals surface area contributed by atoms with Gasteiger partial charge in [0, 0.05) is 17.2 Å². The molecule has 1 aliphatic rings. The molecule has 2 N–H and O–H groups in total. The summed E-state index contributed by atoms with van der Waals surface area (Å²) in [5.41, 5.74) is 0.0692. The molecule has 170 valence electrons. The van der Waals surface area contributed by atoms with E-state index >= 15 is 0 Å². The van der Waals surface area contributed by atoms with E-state index in [1.165, 1.54) is 32.9 Å². The number of carboxylic acids is 2. The fraction of sp³-hybridized carbons (Fsp3) is 0.125. The van der Waals surface area contributed by atoms with Gasteiger partial charge in [0.05, 0.1) is 21.2 Å². The van der Waals surface area contributed by atoms with Gasteiger partial charge in [-0.05, 0) is 49.6 Å². The van der Waals surface area contributed by atoms with Gasteiger partial charge < -0.3 is 20.4 Å². The van der Waals surface area contributed by atoms with Crippen molar-refractivity contribution in [1.82, 2.24) is 0 Å². The first-order valence-electron chi connectivity index (χ1n) is 9.48. The minimum absolute atomic E-state index is 0. The number of rotatable bonds is 4. The largest absolute Gasteiger partial charge is 1.00 e. The normalized spacial score (nSPS) is 13.0. The maximum absolute atomic E-state index is 12.3. The van der Waals surface area contributed by atoms with Gasteiger partial charge in [0.1, 0.15) is 0 Å². The van der Waals surface area contributed by atoms with Gasteiger partial charge in [0.15, 0.2) is 5.78 Å². The van der Waals surface area contributed by atoms with Gasteiger partial charge in [-0.15, -0.1) is 0 Å². The number of carbonyl (C=O) groups is 3. The summed E-state index contributed by atoms with van der Waals surface area (Å²) in [5, 5.41) is 43.6. The minimum atomic E-state index is -1.45. The van der Waals surface area contributed by atoms with Crippen LogP contribution in [0.1, 0.15) is 49.9 Å². The van der Waals surface area contributed by atoms with Crippen LogP contribution >= 0.6 is 23.2 Å². The second-order valence-corrected chi connectivity index (χ2v) is 8.28. The average Bonchev–Trinajstić information content (AvgIpc) is 2.73. The van der Waals surface area contributed by atoms with Gasteiger partial charge in [-0.2, -0.15) is 0 Å². The Morgan fingerprint density at radius 1 is 0.800 bits per heavy atom. The third-order valence-electron chi connectivity index (χ3n) is 5.25. The number of halogens is 2. The van der Waals surface area contributed by atoms with Crippen LogP contribution in [0.15, 0.2) is 51.6 Å². The molecule has 2 aromatic rings. The number of aryl methyl sites for hydroxylation is 2. The Kier molecular flexibility index (Phi) is 10.9. The smallest absolute Gasteiger partial charge is 0.872 e. The summed E-state index contributed by atoms with van der Waals surface area (Å²) < 4.78 is 0. The number of carboxylic acid groups (broad SMARTS) is 2. The van der Waals surface area contributed by atoms with Crippen LogP contribution in [-0.2, 0) is 4.79 Å². The number of aromatic carboxylic acids is 2. The molecule has 0 saturated heterocycles. The van der Waals surface area contributed by atoms with Gasteiger partial charge in [0.2, 0.25) is 0 Å². The summed E-state index contributed by atoms with van der Waals surface area (Å²) in [6, 6.07) is 5.08. The Morgan fingerprint density at radius 3 is 1.57 bits per heavy atom. The standard InChI is InChI=1S/C24H18Cl2O7.2Na/c1-9-4-12(6-14(21(9)28)23(30)31)18(19-16(25)8-17(27)11(3)20(19)26)13-5-10(2)22(29)15(7-13)24(32)33;;/h4-8,28-29H,1-3H3,(H,30,31)(H,32,33);;/q;2*+1/p-2. The molecule has 0 heterocycles. The molecule has 0 bridgehead atoms. The number of hydrogen-bond acceptors (Lipinski definition) is 5. The SMILES string of the molecule is CC1=C(Cl)C(=C(c2cc(C)c([O-])c(C(=O)O)c2)c2cc(C)c([O-])c(C(=O)O)c2)C(Cl)=CC1=O.[Na+].[Na+]. The summed E-state index contributed by atoms with van der Waals surface area (Å²) >= 11 is 12.9. The predicted octanol–water partition coefficient (Wildman–Crippen LogP) is -2.12. The van der Waals surface area contributed by atoms with Crippen molar-refractivity contribution in [2.24, 2.45) is 0 Å². The van der Waals surface area contributed by atoms with Crippen molar-refractivity contribution in [3.8, 4) is 11.5 Å². The molecule has 3 rings (SSSR count). The second kappa shape index (κ2) is 12.1. The molecular weight excluding hydrogens is 517 g/mol. The van der Waals surface area contributed by atoms with E-state index in [9.17, 15) is 34.8 Å². The molecule has 0 atom stereocenters. The number of allylic oxidation sites excluding steroid dienone is 5. The fourth-order valence-corrected chi connectivity index (χ4v) is 4.16. The van der Waals surface area contributed by atoms with Crippen LogP contribution < -0.4 is 69.3 Å². The van der Waals surface area contributed by atoms with E-state index in [0.29, 0.717) is 0 Å². The molecule has 2 aromatic carbocycles. The first-order valence-corrected chi connectivity index (χ1v) is 10.2. The van der Waals surface area contributed by atoms with E-state index in [4.69, 9.17) is 23.2 Å². The van der Waals surface area contributed by atoms with E-state index in [1.54, 1.807) is 0 Å². The van der Waals surface area contributed by atoms with Gasteiger partial charge in [-0.3, -0.25) is 4.79 Å². The number of carbonyl (C=O) groups excluding carboxylic acids is 1. The number of benzene rings is 2. The molecule has 0 unspecified atom stereocenters. The topological polar surface area (TPSA) is 138 Å². The summed E-state index contributed by atoms with van der Waals surface area (Å²) in [6.45, 7) is 4.34. The van der Waals surface area contributed by atoms with E-state index < -0.39 is 40.3 Å². The van der Waals surface area contributed by atoms with E-state index in [-0.39, 0.29) is 108 Å². The van der Waals surface area contributed by atoms with Gasteiger partial charge in [0.25, 0.3) is 0 Å². The van der Waals surface area contributed by atoms with Crippen molar-refractivity contribution in [2.45, 2.75) is 20.8 Å². The second-order valence-electron chi connectivity index (χ2n) is 7.50. The Hall–Kier alpha value is -1.55. The first kappa shape index (κ1) is 31.5. The van der Waals surface area contributed by atoms with Crippen LogP contribution in [-0.4, -0.2) is 27.9 Å². The minimum Gasteiger partial charge on any atom is -0.872 e. The first-order chi connectivity index (χ1) is 15.3. The Balaban J connectivity index is 0.00000306. The van der Waals surface area contributed by atoms with E-state index in [1.807, 2.05) is 0 Å². The maximum atomic E-state index is 12.3. The number of hydrogen-bond donors (Lipinski definition) is 2. The Morgan fingerprint density at radius 2 is 1.20 bits per heavy atom. The summed E-state index contributed by atoms with van der Waals surface area (Å²) in [4.78, 5) is 35.5. The predicted molar refractivity (Wildman–Crippen MR) is 119 cm³/mol. The monoisotopic (exact) mass is 532 g/mol. The van der Waals surface area contributed by atoms with Gasteiger partial charge in [-0.1, -0.05) is 58.0 Å². The molecule has 0 radical (unpaired) electrons. The zero-order valence-corrected chi connectivity index (χ0v) is 25.1. The molecule has 0 aromatic heterocycles. The van der Waals surface area contributed by atoms with Crippen LogP contribution in [0.2, 0.25) is 0 Å². The van der Waals surface area contributed by atoms with Crippen LogP contribution in [0.5, 0.6) is 11.5 Å². The number of ketones is 1. The van der Waals surface area contributed by atoms with Crippen molar-refractivity contribution in [3.05, 3.63) is 84.9 Å². The third-order valence-corrected chi connectivity index (χ3v) is 6.02. The fourth-order valence-electron chi connectivity index (χ4n) is 3.53. The molecule has 0 amide bonds. The molecule has 35 heavy (non-hydrogen) atoms. The van der Waals surface area contributed by atoms with Crippen molar-refractivity contribution in [3.63, 3.8) is 0 Å². The summed E-state index contributed by atoms with van der Waals surface area (Å²) in [6.07, 6.45) is 1.14. The molecule has 11 heteroatoms. The van der Waals surface area contributed by atoms with Crippen LogP contribution in [0.4, 0.5) is 0 Å². The quantitative estimate of drug-likeness (QED) is 0.429. The molecule has 0 saturated carbocycles. The van der Waals surface area contributed by atoms with E-state index in [2.05, 4.69) is 0 Å². The molecule has 7 nitrogen and oxygen atoms in total. The summed E-state index contributed by atoms with van der Waals surface area (Å²) in [7, 11) is 0. The zero-order valence-electron chi connectivity index (χ0n) is 19.6. The third kappa shape index (κ3) is 6.06. The molecule has 0 spiro atoms. The molecule has 0 aliphatic heterocycles. The molecular formula is C24H16Cl2Na2O7. The van der Waals surface area contributed by atoms with Crippen molar-refractivity contribution in [2.75, 3.05) is 0 Å².